The molecule has 2 aliphatic rings. The van der Waals surface area contributed by atoms with Crippen molar-refractivity contribution in [3.05, 3.63) is 12.7 Å². The zero-order valence-electron chi connectivity index (χ0n) is 20.4. The second kappa shape index (κ2) is 10.5. The summed E-state index contributed by atoms with van der Waals surface area (Å²) in [6.07, 6.45) is -1.18. The summed E-state index contributed by atoms with van der Waals surface area (Å²) in [6.45, 7) is 5.05. The van der Waals surface area contributed by atoms with Crippen molar-refractivity contribution in [2.45, 2.75) is 82.3 Å². The number of ether oxygens (including phenoxy) is 2. The second-order valence-electron chi connectivity index (χ2n) is 9.95. The van der Waals surface area contributed by atoms with E-state index in [4.69, 9.17) is 9.47 Å². The van der Waals surface area contributed by atoms with Crippen LogP contribution in [-0.4, -0.2) is 108 Å². The summed E-state index contributed by atoms with van der Waals surface area (Å²) >= 11 is 0. The fourth-order valence-corrected chi connectivity index (χ4v) is 4.43. The number of H-pyrrole nitrogens is 1. The Labute approximate surface area is 207 Å². The van der Waals surface area contributed by atoms with Gasteiger partial charge in [-0.15, -0.1) is 0 Å². The first-order valence-corrected chi connectivity index (χ1v) is 11.9. The van der Waals surface area contributed by atoms with E-state index >= 15 is 0 Å². The molecule has 198 valence electrons. The summed E-state index contributed by atoms with van der Waals surface area (Å²) < 4.78 is 11.3. The van der Waals surface area contributed by atoms with E-state index in [1.54, 1.807) is 20.8 Å². The zero-order chi connectivity index (χ0) is 26.0. The summed E-state index contributed by atoms with van der Waals surface area (Å²) in [5.74, 6) is -0.247. The number of amides is 2. The van der Waals surface area contributed by atoms with Gasteiger partial charge in [-0.1, -0.05) is 0 Å². The first kappa shape index (κ1) is 26.0. The van der Waals surface area contributed by atoms with Gasteiger partial charge >= 0.3 is 6.09 Å². The van der Waals surface area contributed by atoms with Crippen molar-refractivity contribution in [2.24, 2.45) is 0 Å². The minimum atomic E-state index is -1.49. The maximum Gasteiger partial charge on any atom is 0.410 e. The van der Waals surface area contributed by atoms with Crippen LogP contribution >= 0.6 is 0 Å². The lowest BCUT2D eigenvalue weighted by atomic mass is 9.94. The molecule has 6 atom stereocenters. The molecule has 4 rings (SSSR count). The van der Waals surface area contributed by atoms with Gasteiger partial charge in [-0.2, -0.15) is 0 Å². The van der Waals surface area contributed by atoms with Gasteiger partial charge in [0, 0.05) is 6.54 Å². The lowest BCUT2D eigenvalue weighted by Gasteiger charge is -2.44. The minimum absolute atomic E-state index is 0.281. The van der Waals surface area contributed by atoms with Crippen LogP contribution in [0.5, 0.6) is 0 Å². The van der Waals surface area contributed by atoms with Gasteiger partial charge in [0.1, 0.15) is 41.8 Å². The smallest absolute Gasteiger partial charge is 0.410 e. The van der Waals surface area contributed by atoms with E-state index in [1.807, 2.05) is 0 Å². The van der Waals surface area contributed by atoms with Crippen molar-refractivity contribution in [3.8, 4) is 0 Å². The third kappa shape index (κ3) is 5.51. The molecular formula is C22H33N7O7. The largest absolute Gasteiger partial charge is 0.444 e. The molecular weight excluding hydrogens is 474 g/mol. The average Bonchev–Trinajstić information content (AvgIpc) is 3.32. The first-order valence-electron chi connectivity index (χ1n) is 11.9. The van der Waals surface area contributed by atoms with E-state index in [-0.39, 0.29) is 5.82 Å². The maximum atomic E-state index is 13.2. The molecule has 14 heteroatoms. The van der Waals surface area contributed by atoms with Crippen molar-refractivity contribution in [2.75, 3.05) is 18.5 Å². The number of aromatic amines is 1. The fourth-order valence-electron chi connectivity index (χ4n) is 4.43. The number of aliphatic hydroxyl groups excluding tert-OH is 3. The number of likely N-dealkylation sites (tertiary alicyclic amines) is 1. The van der Waals surface area contributed by atoms with Crippen molar-refractivity contribution in [3.63, 3.8) is 0 Å². The number of anilines is 1. The molecule has 0 aromatic carbocycles. The summed E-state index contributed by atoms with van der Waals surface area (Å²) in [5.41, 5.74) is 0.144. The van der Waals surface area contributed by atoms with Crippen molar-refractivity contribution >= 4 is 29.0 Å². The van der Waals surface area contributed by atoms with Gasteiger partial charge in [0.2, 0.25) is 5.91 Å². The van der Waals surface area contributed by atoms with E-state index in [0.29, 0.717) is 24.1 Å². The maximum absolute atomic E-state index is 13.2. The molecule has 0 bridgehead atoms. The molecule has 2 aromatic rings. The minimum Gasteiger partial charge on any atom is -0.444 e. The number of carbonyl (C=O) groups excluding carboxylic acids is 2. The van der Waals surface area contributed by atoms with Crippen LogP contribution in [0.25, 0.3) is 11.2 Å². The number of hydrogen-bond donors (Lipinski definition) is 6. The number of piperidine rings is 1. The number of aromatic nitrogens is 4. The monoisotopic (exact) mass is 507 g/mol. The van der Waals surface area contributed by atoms with Crippen molar-refractivity contribution in [1.82, 2.24) is 30.2 Å². The molecule has 0 radical (unpaired) electrons. The Morgan fingerprint density at radius 2 is 2.00 bits per heavy atom. The van der Waals surface area contributed by atoms with Crippen LogP contribution in [-0.2, 0) is 14.3 Å². The van der Waals surface area contributed by atoms with Gasteiger partial charge in [-0.05, 0) is 40.0 Å². The zero-order valence-corrected chi connectivity index (χ0v) is 20.4. The highest BCUT2D eigenvalue weighted by Gasteiger charge is 2.46. The Balaban J connectivity index is 1.46. The molecule has 4 heterocycles. The van der Waals surface area contributed by atoms with Crippen LogP contribution in [0.15, 0.2) is 12.7 Å². The predicted molar refractivity (Wildman–Crippen MR) is 126 cm³/mol. The van der Waals surface area contributed by atoms with Gasteiger partial charge in [-0.3, -0.25) is 9.69 Å². The molecule has 36 heavy (non-hydrogen) atoms. The summed E-state index contributed by atoms with van der Waals surface area (Å²) in [5, 5.41) is 37.2. The molecule has 2 amide bonds. The van der Waals surface area contributed by atoms with Crippen LogP contribution in [0.3, 0.4) is 0 Å². The summed E-state index contributed by atoms with van der Waals surface area (Å²) in [6, 6.07) is -1.95. The van der Waals surface area contributed by atoms with Crippen molar-refractivity contribution in [1.29, 1.82) is 0 Å². The lowest BCUT2D eigenvalue weighted by Crippen LogP contribution is -2.67. The molecule has 2 fully saturated rings. The average molecular weight is 508 g/mol. The SMILES string of the molecule is CC(C)(C)OC(=O)N1CCCC[C@@H]1C(=O)N[C@@H]1[C@@H](O)[C@H](O)[C@@H](Nc2ncnc3nc[nH]c23)O[C@H]1CO. The number of imidazole rings is 1. The number of nitrogens with zero attached hydrogens (tertiary/aromatic N) is 4. The van der Waals surface area contributed by atoms with Crippen LogP contribution in [0.4, 0.5) is 10.6 Å². The number of aliphatic hydroxyl groups is 3. The highest BCUT2D eigenvalue weighted by Crippen LogP contribution is 2.26. The van der Waals surface area contributed by atoms with E-state index in [0.717, 1.165) is 12.8 Å². The van der Waals surface area contributed by atoms with Gasteiger partial charge in [0.25, 0.3) is 0 Å². The molecule has 2 saturated heterocycles. The number of carbonyl (C=O) groups is 2. The van der Waals surface area contributed by atoms with Gasteiger partial charge in [0.05, 0.1) is 19.0 Å². The Bertz CT molecular complexity index is 1070. The van der Waals surface area contributed by atoms with Gasteiger partial charge < -0.3 is 40.4 Å². The Morgan fingerprint density at radius 1 is 1.22 bits per heavy atom. The van der Waals surface area contributed by atoms with Gasteiger partial charge in [-0.25, -0.2) is 19.7 Å². The van der Waals surface area contributed by atoms with Crippen LogP contribution < -0.4 is 10.6 Å². The van der Waals surface area contributed by atoms with Gasteiger partial charge in [0.15, 0.2) is 17.7 Å². The third-order valence-corrected chi connectivity index (χ3v) is 6.17. The normalized spacial score (nSPS) is 29.1. The molecule has 0 spiro atoms. The van der Waals surface area contributed by atoms with E-state index in [9.17, 15) is 24.9 Å². The van der Waals surface area contributed by atoms with E-state index in [2.05, 4.69) is 30.6 Å². The summed E-state index contributed by atoms with van der Waals surface area (Å²) in [4.78, 5) is 42.3. The standard InChI is InChI=1S/C22H33N7O7/c1-22(2,3)36-21(34)29-7-5-4-6-11(29)19(33)27-13-12(8-30)35-20(16(32)15(13)31)28-18-14-17(24-9-23-14)25-10-26-18/h9-13,15-16,20,30-32H,4-8H2,1-3H3,(H,27,33)(H2,23,24,25,26,28)/t11-,12+,13+,15-,16+,20+/m1/s1. The van der Waals surface area contributed by atoms with E-state index in [1.165, 1.54) is 17.6 Å². The fraction of sp³-hybridized carbons (Fsp3) is 0.682. The molecule has 14 nitrogen and oxygen atoms in total. The highest BCUT2D eigenvalue weighted by atomic mass is 16.6. The Morgan fingerprint density at radius 3 is 2.72 bits per heavy atom. The highest BCUT2D eigenvalue weighted by molar-refractivity contribution is 5.86. The van der Waals surface area contributed by atoms with Crippen LogP contribution in [0.2, 0.25) is 0 Å². The molecule has 0 saturated carbocycles. The molecule has 6 N–H and O–H groups in total. The topological polar surface area (TPSA) is 195 Å². The number of hydrogen-bond acceptors (Lipinski definition) is 11. The number of rotatable bonds is 5. The van der Waals surface area contributed by atoms with Crippen molar-refractivity contribution < 1.29 is 34.4 Å². The third-order valence-electron chi connectivity index (χ3n) is 6.17. The van der Waals surface area contributed by atoms with Crippen LogP contribution in [0, 0.1) is 0 Å². The quantitative estimate of drug-likeness (QED) is 0.305. The second-order valence-corrected chi connectivity index (χ2v) is 9.95. The Hall–Kier alpha value is -3.07. The van der Waals surface area contributed by atoms with Crippen LogP contribution in [0.1, 0.15) is 40.0 Å². The first-order chi connectivity index (χ1) is 17.1. The molecule has 2 aromatic heterocycles. The molecule has 2 aliphatic heterocycles. The molecule has 0 aliphatic carbocycles. The van der Waals surface area contributed by atoms with E-state index < -0.39 is 60.8 Å². The lowest BCUT2D eigenvalue weighted by molar-refractivity contribution is -0.186. The predicted octanol–water partition coefficient (Wildman–Crippen LogP) is -0.522. The Kier molecular flexibility index (Phi) is 7.59. The molecule has 0 unspecified atom stereocenters. The number of fused-ring (bicyclic) bond motifs is 1. The summed E-state index contributed by atoms with van der Waals surface area (Å²) in [7, 11) is 0. The number of nitrogens with one attached hydrogen (secondary N) is 3.